The third kappa shape index (κ3) is 7.59. The van der Waals surface area contributed by atoms with Gasteiger partial charge in [-0.2, -0.15) is 0 Å². The summed E-state index contributed by atoms with van der Waals surface area (Å²) in [7, 11) is 0. The SMILES string of the molecule is CCNC(=NCC1(CCO)CCCCC1)NCC1CCN(CC)C1.I. The van der Waals surface area contributed by atoms with E-state index in [2.05, 4.69) is 29.4 Å². The van der Waals surface area contributed by atoms with Gasteiger partial charge in [0.1, 0.15) is 0 Å². The molecule has 0 aromatic carbocycles. The van der Waals surface area contributed by atoms with Crippen molar-refractivity contribution in [2.24, 2.45) is 16.3 Å². The monoisotopic (exact) mass is 466 g/mol. The van der Waals surface area contributed by atoms with E-state index in [1.807, 2.05) is 0 Å². The molecular formula is C19H39IN4O. The summed E-state index contributed by atoms with van der Waals surface area (Å²) in [6.07, 6.45) is 8.52. The summed E-state index contributed by atoms with van der Waals surface area (Å²) in [5.41, 5.74) is 0.224. The van der Waals surface area contributed by atoms with Gasteiger partial charge < -0.3 is 20.6 Å². The van der Waals surface area contributed by atoms with Gasteiger partial charge in [-0.05, 0) is 57.0 Å². The number of rotatable bonds is 8. The molecule has 1 heterocycles. The highest BCUT2D eigenvalue weighted by Crippen LogP contribution is 2.39. The van der Waals surface area contributed by atoms with Crippen LogP contribution in [0.3, 0.4) is 0 Å². The number of aliphatic hydroxyl groups is 1. The van der Waals surface area contributed by atoms with Crippen molar-refractivity contribution in [2.45, 2.75) is 58.8 Å². The molecule has 1 saturated carbocycles. The number of hydrogen-bond donors (Lipinski definition) is 3. The third-order valence-corrected chi connectivity index (χ3v) is 5.85. The first-order valence-corrected chi connectivity index (χ1v) is 10.1. The van der Waals surface area contributed by atoms with Crippen LogP contribution in [0.25, 0.3) is 0 Å². The van der Waals surface area contributed by atoms with Gasteiger partial charge in [0, 0.05) is 32.8 Å². The van der Waals surface area contributed by atoms with Gasteiger partial charge in [0.15, 0.2) is 5.96 Å². The minimum absolute atomic E-state index is 0. The Balaban J connectivity index is 0.00000312. The van der Waals surface area contributed by atoms with Gasteiger partial charge in [0.2, 0.25) is 0 Å². The smallest absolute Gasteiger partial charge is 0.191 e. The van der Waals surface area contributed by atoms with Crippen LogP contribution in [-0.2, 0) is 0 Å². The van der Waals surface area contributed by atoms with E-state index in [1.54, 1.807) is 0 Å². The van der Waals surface area contributed by atoms with Crippen LogP contribution in [0.4, 0.5) is 0 Å². The molecule has 0 amide bonds. The average molecular weight is 466 g/mol. The molecule has 1 atom stereocenters. The second-order valence-corrected chi connectivity index (χ2v) is 7.66. The Kier molecular flexibility index (Phi) is 11.3. The molecule has 1 saturated heterocycles. The minimum Gasteiger partial charge on any atom is -0.396 e. The fourth-order valence-corrected chi connectivity index (χ4v) is 4.22. The zero-order chi connectivity index (χ0) is 17.3. The Morgan fingerprint density at radius 1 is 1.20 bits per heavy atom. The number of likely N-dealkylation sites (tertiary alicyclic amines) is 1. The molecule has 1 aliphatic carbocycles. The highest BCUT2D eigenvalue weighted by atomic mass is 127. The minimum atomic E-state index is 0. The molecule has 0 radical (unpaired) electrons. The van der Waals surface area contributed by atoms with E-state index < -0.39 is 0 Å². The number of guanidine groups is 1. The summed E-state index contributed by atoms with van der Waals surface area (Å²) >= 11 is 0. The summed E-state index contributed by atoms with van der Waals surface area (Å²) in [6, 6.07) is 0. The number of nitrogens with one attached hydrogen (secondary N) is 2. The average Bonchev–Trinajstić information content (AvgIpc) is 3.07. The van der Waals surface area contributed by atoms with Gasteiger partial charge >= 0.3 is 0 Å². The first-order chi connectivity index (χ1) is 11.7. The molecule has 6 heteroatoms. The van der Waals surface area contributed by atoms with Crippen molar-refractivity contribution in [1.82, 2.24) is 15.5 Å². The molecule has 1 unspecified atom stereocenters. The van der Waals surface area contributed by atoms with Gasteiger partial charge in [-0.1, -0.05) is 26.2 Å². The van der Waals surface area contributed by atoms with Crippen LogP contribution >= 0.6 is 24.0 Å². The van der Waals surface area contributed by atoms with Crippen LogP contribution in [0.5, 0.6) is 0 Å². The second-order valence-electron chi connectivity index (χ2n) is 7.66. The lowest BCUT2D eigenvalue weighted by Gasteiger charge is -2.35. The Bertz CT molecular complexity index is 380. The molecular weight excluding hydrogens is 427 g/mol. The van der Waals surface area contributed by atoms with E-state index in [1.165, 1.54) is 51.6 Å². The van der Waals surface area contributed by atoms with Crippen molar-refractivity contribution in [2.75, 3.05) is 45.9 Å². The number of halogens is 1. The van der Waals surface area contributed by atoms with Gasteiger partial charge in [-0.15, -0.1) is 24.0 Å². The number of aliphatic hydroxyl groups excluding tert-OH is 1. The topological polar surface area (TPSA) is 59.9 Å². The maximum Gasteiger partial charge on any atom is 0.191 e. The summed E-state index contributed by atoms with van der Waals surface area (Å²) < 4.78 is 0. The zero-order valence-electron chi connectivity index (χ0n) is 16.2. The molecule has 148 valence electrons. The predicted octanol–water partition coefficient (Wildman–Crippen LogP) is 2.83. The van der Waals surface area contributed by atoms with Crippen LogP contribution in [-0.4, -0.2) is 61.8 Å². The fraction of sp³-hybridized carbons (Fsp3) is 0.947. The van der Waals surface area contributed by atoms with Crippen molar-refractivity contribution >= 4 is 29.9 Å². The van der Waals surface area contributed by atoms with Crippen molar-refractivity contribution in [3.05, 3.63) is 0 Å². The fourth-order valence-electron chi connectivity index (χ4n) is 4.22. The van der Waals surface area contributed by atoms with E-state index in [9.17, 15) is 5.11 Å². The van der Waals surface area contributed by atoms with E-state index >= 15 is 0 Å². The Morgan fingerprint density at radius 3 is 2.56 bits per heavy atom. The highest BCUT2D eigenvalue weighted by Gasteiger charge is 2.31. The lowest BCUT2D eigenvalue weighted by atomic mass is 9.72. The third-order valence-electron chi connectivity index (χ3n) is 5.85. The number of aliphatic imine (C=N–C) groups is 1. The normalized spacial score (nSPS) is 24.0. The first kappa shape index (κ1) is 23.0. The van der Waals surface area contributed by atoms with Gasteiger partial charge in [0.05, 0.1) is 0 Å². The van der Waals surface area contributed by atoms with Crippen molar-refractivity contribution in [1.29, 1.82) is 0 Å². The predicted molar refractivity (Wildman–Crippen MR) is 117 cm³/mol. The van der Waals surface area contributed by atoms with Crippen molar-refractivity contribution in [3.63, 3.8) is 0 Å². The second kappa shape index (κ2) is 12.3. The Labute approximate surface area is 171 Å². The van der Waals surface area contributed by atoms with Crippen LogP contribution < -0.4 is 10.6 Å². The number of nitrogens with zero attached hydrogens (tertiary/aromatic N) is 2. The van der Waals surface area contributed by atoms with E-state index in [4.69, 9.17) is 4.99 Å². The molecule has 2 aliphatic rings. The summed E-state index contributed by atoms with van der Waals surface area (Å²) in [4.78, 5) is 7.42. The first-order valence-electron chi connectivity index (χ1n) is 10.1. The molecule has 2 fully saturated rings. The lowest BCUT2D eigenvalue weighted by molar-refractivity contribution is 0.137. The Hall–Kier alpha value is -0.0800. The highest BCUT2D eigenvalue weighted by molar-refractivity contribution is 14.0. The van der Waals surface area contributed by atoms with Gasteiger partial charge in [0.25, 0.3) is 0 Å². The Morgan fingerprint density at radius 2 is 1.96 bits per heavy atom. The maximum atomic E-state index is 9.46. The molecule has 0 aromatic rings. The lowest BCUT2D eigenvalue weighted by Crippen LogP contribution is -2.41. The van der Waals surface area contributed by atoms with Crippen LogP contribution in [0.2, 0.25) is 0 Å². The zero-order valence-corrected chi connectivity index (χ0v) is 18.6. The van der Waals surface area contributed by atoms with Crippen LogP contribution in [0.1, 0.15) is 58.8 Å². The molecule has 0 bridgehead atoms. The van der Waals surface area contributed by atoms with E-state index in [0.29, 0.717) is 0 Å². The molecule has 0 spiro atoms. The van der Waals surface area contributed by atoms with Crippen molar-refractivity contribution < 1.29 is 5.11 Å². The molecule has 25 heavy (non-hydrogen) atoms. The summed E-state index contributed by atoms with van der Waals surface area (Å²) in [5.74, 6) is 1.69. The molecule has 1 aliphatic heterocycles. The summed E-state index contributed by atoms with van der Waals surface area (Å²) in [6.45, 7) is 11.0. The van der Waals surface area contributed by atoms with E-state index in [-0.39, 0.29) is 36.0 Å². The van der Waals surface area contributed by atoms with E-state index in [0.717, 1.165) is 44.5 Å². The molecule has 2 rings (SSSR count). The van der Waals surface area contributed by atoms with Gasteiger partial charge in [-0.25, -0.2) is 0 Å². The molecule has 5 nitrogen and oxygen atoms in total. The van der Waals surface area contributed by atoms with Gasteiger partial charge in [-0.3, -0.25) is 4.99 Å². The van der Waals surface area contributed by atoms with Crippen molar-refractivity contribution in [3.8, 4) is 0 Å². The quantitative estimate of drug-likeness (QED) is 0.293. The standard InChI is InChI=1S/C19H38N4O.HI/c1-3-20-18(21-14-17-8-12-23(4-2)15-17)22-16-19(11-13-24)9-6-5-7-10-19;/h17,24H,3-16H2,1-2H3,(H2,20,21,22);1H. The summed E-state index contributed by atoms with van der Waals surface area (Å²) in [5, 5.41) is 16.4. The maximum absolute atomic E-state index is 9.46. The molecule has 3 N–H and O–H groups in total. The van der Waals surface area contributed by atoms with Crippen LogP contribution in [0.15, 0.2) is 4.99 Å². The molecule has 0 aromatic heterocycles. The number of hydrogen-bond acceptors (Lipinski definition) is 3. The largest absolute Gasteiger partial charge is 0.396 e. The van der Waals surface area contributed by atoms with Crippen LogP contribution in [0, 0.1) is 11.3 Å².